The van der Waals surface area contributed by atoms with Crippen molar-refractivity contribution in [2.75, 3.05) is 43.4 Å². The number of nitrogens with zero attached hydrogens (tertiary/aromatic N) is 4. The first kappa shape index (κ1) is 23.1. The fraction of sp³-hybridized carbons (Fsp3) is 0.619. The van der Waals surface area contributed by atoms with Crippen LogP contribution >= 0.6 is 11.3 Å². The molecule has 0 unspecified atom stereocenters. The van der Waals surface area contributed by atoms with Gasteiger partial charge in [-0.15, -0.1) is 0 Å². The summed E-state index contributed by atoms with van der Waals surface area (Å²) in [6.07, 6.45) is 6.58. The molecule has 174 valence electrons. The first-order valence-corrected chi connectivity index (χ1v) is 13.6. The van der Waals surface area contributed by atoms with Crippen LogP contribution in [0, 0.1) is 16.0 Å². The van der Waals surface area contributed by atoms with E-state index in [1.165, 1.54) is 45.1 Å². The van der Waals surface area contributed by atoms with Gasteiger partial charge in [0.2, 0.25) is 0 Å². The fourth-order valence-electron chi connectivity index (χ4n) is 4.59. The molecule has 1 aliphatic carbocycles. The number of non-ortho nitro benzene ring substituents is 1. The standard InChI is InChI=1S/C21H28N4O5S2/c1-2-32(29,30)16-12-17-19(18(13-16)25(27)28)31-21(22-20(17)26)24-10-8-23(9-11-24)14-15-6-4-3-5-7-15/h12-13,15H,2-11,14H2,1H3. The van der Waals surface area contributed by atoms with Crippen molar-refractivity contribution in [3.63, 3.8) is 0 Å². The summed E-state index contributed by atoms with van der Waals surface area (Å²) < 4.78 is 24.7. The molecule has 0 amide bonds. The maximum absolute atomic E-state index is 12.8. The van der Waals surface area contributed by atoms with Gasteiger partial charge in [-0.1, -0.05) is 37.5 Å². The van der Waals surface area contributed by atoms with Crippen molar-refractivity contribution in [2.24, 2.45) is 5.92 Å². The number of nitro benzene ring substituents is 1. The molecule has 1 aromatic heterocycles. The SMILES string of the molecule is CCS(=O)(=O)c1cc([N+](=O)[O-])c2sc(N3CCN(CC4CCCCC4)CC3)nc(=O)c2c1. The van der Waals surface area contributed by atoms with Crippen molar-refractivity contribution in [1.82, 2.24) is 9.88 Å². The summed E-state index contributed by atoms with van der Waals surface area (Å²) in [6.45, 7) is 5.71. The normalized spacial score (nSPS) is 18.8. The summed E-state index contributed by atoms with van der Waals surface area (Å²) in [4.78, 5) is 32.2. The van der Waals surface area contributed by atoms with Crippen molar-refractivity contribution in [3.8, 4) is 0 Å². The molecule has 32 heavy (non-hydrogen) atoms. The van der Waals surface area contributed by atoms with E-state index in [9.17, 15) is 23.3 Å². The van der Waals surface area contributed by atoms with E-state index >= 15 is 0 Å². The Morgan fingerprint density at radius 3 is 2.47 bits per heavy atom. The van der Waals surface area contributed by atoms with E-state index < -0.39 is 20.3 Å². The Morgan fingerprint density at radius 1 is 1.16 bits per heavy atom. The third kappa shape index (κ3) is 4.79. The molecule has 0 spiro atoms. The predicted molar refractivity (Wildman–Crippen MR) is 125 cm³/mol. The van der Waals surface area contributed by atoms with Crippen LogP contribution in [-0.4, -0.2) is 61.7 Å². The number of nitro groups is 1. The van der Waals surface area contributed by atoms with Crippen LogP contribution in [0.25, 0.3) is 10.1 Å². The first-order valence-electron chi connectivity index (χ1n) is 11.1. The van der Waals surface area contributed by atoms with Gasteiger partial charge in [-0.25, -0.2) is 8.42 Å². The maximum Gasteiger partial charge on any atom is 0.288 e. The van der Waals surface area contributed by atoms with Gasteiger partial charge in [0.15, 0.2) is 15.0 Å². The van der Waals surface area contributed by atoms with Gasteiger partial charge in [-0.3, -0.25) is 19.8 Å². The lowest BCUT2D eigenvalue weighted by atomic mass is 9.89. The minimum absolute atomic E-state index is 0.0177. The Morgan fingerprint density at radius 2 is 1.84 bits per heavy atom. The summed E-state index contributed by atoms with van der Waals surface area (Å²) in [5, 5.41) is 12.1. The van der Waals surface area contributed by atoms with Crippen LogP contribution in [-0.2, 0) is 9.84 Å². The average Bonchev–Trinajstić information content (AvgIpc) is 2.79. The van der Waals surface area contributed by atoms with Crippen LogP contribution in [0.1, 0.15) is 39.0 Å². The number of aromatic nitrogens is 1. The van der Waals surface area contributed by atoms with Crippen molar-refractivity contribution < 1.29 is 13.3 Å². The second-order valence-corrected chi connectivity index (χ2v) is 11.8. The Balaban J connectivity index is 1.59. The second-order valence-electron chi connectivity index (χ2n) is 8.57. The highest BCUT2D eigenvalue weighted by Gasteiger charge is 2.26. The summed E-state index contributed by atoms with van der Waals surface area (Å²) in [5.41, 5.74) is -0.995. The van der Waals surface area contributed by atoms with Gasteiger partial charge in [0, 0.05) is 38.8 Å². The molecule has 2 aromatic rings. The van der Waals surface area contributed by atoms with Gasteiger partial charge in [-0.2, -0.15) is 4.98 Å². The second kappa shape index (κ2) is 9.40. The zero-order valence-corrected chi connectivity index (χ0v) is 19.8. The summed E-state index contributed by atoms with van der Waals surface area (Å²) >= 11 is 1.09. The molecule has 0 N–H and O–H groups in total. The first-order chi connectivity index (χ1) is 15.3. The van der Waals surface area contributed by atoms with Gasteiger partial charge in [-0.05, 0) is 24.8 Å². The highest BCUT2D eigenvalue weighted by Crippen LogP contribution is 2.34. The number of sulfone groups is 1. The molecule has 1 saturated heterocycles. The smallest absolute Gasteiger partial charge is 0.288 e. The van der Waals surface area contributed by atoms with Crippen LogP contribution in [0.3, 0.4) is 0 Å². The number of benzene rings is 1. The largest absolute Gasteiger partial charge is 0.345 e. The van der Waals surface area contributed by atoms with E-state index in [4.69, 9.17) is 0 Å². The number of fused-ring (bicyclic) bond motifs is 1. The molecule has 0 bridgehead atoms. The van der Waals surface area contributed by atoms with Crippen molar-refractivity contribution in [1.29, 1.82) is 0 Å². The van der Waals surface area contributed by atoms with E-state index in [0.29, 0.717) is 18.2 Å². The molecule has 1 aliphatic heterocycles. The molecule has 2 heterocycles. The molecule has 0 radical (unpaired) electrons. The third-order valence-electron chi connectivity index (χ3n) is 6.48. The quantitative estimate of drug-likeness (QED) is 0.458. The minimum Gasteiger partial charge on any atom is -0.345 e. The van der Waals surface area contributed by atoms with Gasteiger partial charge >= 0.3 is 0 Å². The van der Waals surface area contributed by atoms with Crippen LogP contribution in [0.5, 0.6) is 0 Å². The summed E-state index contributed by atoms with van der Waals surface area (Å²) in [7, 11) is -3.69. The Labute approximate surface area is 191 Å². The fourth-order valence-corrected chi connectivity index (χ4v) is 6.63. The lowest BCUT2D eigenvalue weighted by Crippen LogP contribution is -2.48. The summed E-state index contributed by atoms with van der Waals surface area (Å²) in [6, 6.07) is 2.28. The van der Waals surface area contributed by atoms with E-state index in [1.807, 2.05) is 4.90 Å². The third-order valence-corrected chi connectivity index (χ3v) is 9.36. The van der Waals surface area contributed by atoms with Gasteiger partial charge in [0.25, 0.3) is 11.2 Å². The Hall–Kier alpha value is -2.11. The lowest BCUT2D eigenvalue weighted by Gasteiger charge is -2.37. The number of piperazine rings is 1. The average molecular weight is 481 g/mol. The van der Waals surface area contributed by atoms with Gasteiger partial charge in [0.1, 0.15) is 4.70 Å². The molecule has 4 rings (SSSR count). The van der Waals surface area contributed by atoms with Gasteiger partial charge in [0.05, 0.1) is 21.0 Å². The van der Waals surface area contributed by atoms with Crippen LogP contribution in [0.2, 0.25) is 0 Å². The van der Waals surface area contributed by atoms with Crippen LogP contribution < -0.4 is 10.5 Å². The molecule has 1 saturated carbocycles. The van der Waals surface area contributed by atoms with Crippen LogP contribution in [0.15, 0.2) is 21.8 Å². The molecule has 1 aromatic carbocycles. The number of hydrogen-bond acceptors (Lipinski definition) is 9. The van der Waals surface area contributed by atoms with Crippen molar-refractivity contribution in [2.45, 2.75) is 43.9 Å². The molecule has 2 aliphatic rings. The number of hydrogen-bond donors (Lipinski definition) is 0. The van der Waals surface area contributed by atoms with Crippen molar-refractivity contribution >= 4 is 42.1 Å². The molecular weight excluding hydrogens is 452 g/mol. The van der Waals surface area contributed by atoms with E-state index in [1.54, 1.807) is 0 Å². The number of rotatable bonds is 6. The highest BCUT2D eigenvalue weighted by atomic mass is 32.2. The zero-order valence-electron chi connectivity index (χ0n) is 18.2. The van der Waals surface area contributed by atoms with E-state index in [-0.39, 0.29) is 26.4 Å². The van der Waals surface area contributed by atoms with E-state index in [0.717, 1.165) is 43.0 Å². The Bertz CT molecular complexity index is 1170. The molecule has 11 heteroatoms. The maximum atomic E-state index is 12.8. The molecule has 2 fully saturated rings. The van der Waals surface area contributed by atoms with Crippen molar-refractivity contribution in [3.05, 3.63) is 32.6 Å². The Kier molecular flexibility index (Phi) is 6.78. The lowest BCUT2D eigenvalue weighted by molar-refractivity contribution is -0.383. The highest BCUT2D eigenvalue weighted by molar-refractivity contribution is 7.91. The zero-order chi connectivity index (χ0) is 22.9. The predicted octanol–water partition coefficient (Wildman–Crippen LogP) is 3.06. The molecule has 0 atom stereocenters. The van der Waals surface area contributed by atoms with Crippen LogP contribution in [0.4, 0.5) is 10.8 Å². The topological polar surface area (TPSA) is 114 Å². The molecular formula is C21H28N4O5S2. The van der Waals surface area contributed by atoms with Gasteiger partial charge < -0.3 is 4.90 Å². The van der Waals surface area contributed by atoms with E-state index in [2.05, 4.69) is 9.88 Å². The molecule has 9 nitrogen and oxygen atoms in total. The monoisotopic (exact) mass is 480 g/mol. The number of anilines is 1. The minimum atomic E-state index is -3.69. The summed E-state index contributed by atoms with van der Waals surface area (Å²) in [5.74, 6) is 0.561.